The van der Waals surface area contributed by atoms with Gasteiger partial charge in [-0.05, 0) is 18.2 Å². The van der Waals surface area contributed by atoms with Crippen LogP contribution in [0.1, 0.15) is 10.5 Å². The minimum Gasteiger partial charge on any atom is -0.618 e. The molecule has 0 aliphatic rings. The lowest BCUT2D eigenvalue weighted by Gasteiger charge is -2.10. The number of hydrogen-bond acceptors (Lipinski definition) is 3. The fraction of sp³-hybridized carbons (Fsp3) is 0.0769. The van der Waals surface area contributed by atoms with Crippen LogP contribution in [0.2, 0.25) is 0 Å². The molecule has 104 valence electrons. The molecule has 1 amide bonds. The van der Waals surface area contributed by atoms with E-state index in [-0.39, 0.29) is 16.3 Å². The maximum absolute atomic E-state index is 12.4. The topological polar surface area (TPSA) is 56.0 Å². The molecule has 0 saturated carbocycles. The number of anilines is 1. The highest BCUT2D eigenvalue weighted by Gasteiger charge is 2.17. The first-order valence-electron chi connectivity index (χ1n) is 5.61. The summed E-state index contributed by atoms with van der Waals surface area (Å²) in [4.78, 5) is 12.2. The molecule has 0 radical (unpaired) electrons. The van der Waals surface area contributed by atoms with E-state index in [1.165, 1.54) is 30.5 Å². The Morgan fingerprint density at radius 3 is 2.60 bits per heavy atom. The van der Waals surface area contributed by atoms with Crippen LogP contribution in [0.25, 0.3) is 0 Å². The van der Waals surface area contributed by atoms with E-state index in [1.807, 2.05) is 0 Å². The van der Waals surface area contributed by atoms with Crippen molar-refractivity contribution in [1.29, 1.82) is 0 Å². The number of rotatable bonds is 4. The normalized spacial score (nSPS) is 10.6. The summed E-state index contributed by atoms with van der Waals surface area (Å²) in [7, 11) is 0. The van der Waals surface area contributed by atoms with Crippen molar-refractivity contribution in [2.75, 3.05) is 5.32 Å². The van der Waals surface area contributed by atoms with Gasteiger partial charge in [0.1, 0.15) is 0 Å². The Kier molecular flexibility index (Phi) is 4.52. The van der Waals surface area contributed by atoms with Crippen LogP contribution in [0.3, 0.4) is 0 Å². The second kappa shape index (κ2) is 6.33. The molecule has 0 aliphatic carbocycles. The van der Waals surface area contributed by atoms with Crippen molar-refractivity contribution in [3.63, 3.8) is 0 Å². The van der Waals surface area contributed by atoms with Gasteiger partial charge in [0.05, 0.1) is 5.69 Å². The van der Waals surface area contributed by atoms with E-state index >= 15 is 0 Å². The van der Waals surface area contributed by atoms with E-state index in [1.54, 1.807) is 18.2 Å². The zero-order valence-electron chi connectivity index (χ0n) is 10.1. The van der Waals surface area contributed by atoms with Gasteiger partial charge in [-0.15, -0.1) is 0 Å². The number of aromatic nitrogens is 1. The Morgan fingerprint density at radius 1 is 1.20 bits per heavy atom. The average Bonchev–Trinajstić information content (AvgIpc) is 2.41. The van der Waals surface area contributed by atoms with Crippen LogP contribution >= 0.6 is 11.8 Å². The van der Waals surface area contributed by atoms with Gasteiger partial charge in [0.25, 0.3) is 11.5 Å². The van der Waals surface area contributed by atoms with Crippen LogP contribution in [-0.2, 0) is 0 Å². The fourth-order valence-electron chi connectivity index (χ4n) is 1.56. The van der Waals surface area contributed by atoms with Gasteiger partial charge in [0.2, 0.25) is 0 Å². The lowest BCUT2D eigenvalue weighted by atomic mass is 10.3. The van der Waals surface area contributed by atoms with Crippen LogP contribution in [0.5, 0.6) is 0 Å². The second-order valence-electron chi connectivity index (χ2n) is 3.74. The van der Waals surface area contributed by atoms with E-state index in [0.29, 0.717) is 16.5 Å². The van der Waals surface area contributed by atoms with Crippen LogP contribution in [0.15, 0.2) is 53.6 Å². The van der Waals surface area contributed by atoms with E-state index in [0.717, 1.165) is 0 Å². The molecule has 0 atom stereocenters. The molecule has 1 aromatic heterocycles. The predicted octanol–water partition coefficient (Wildman–Crippen LogP) is 2.89. The summed E-state index contributed by atoms with van der Waals surface area (Å²) in [6.45, 7) is 0. The summed E-state index contributed by atoms with van der Waals surface area (Å²) in [5.41, 5.74) is 0.135. The third kappa shape index (κ3) is 3.45. The standard InChI is InChI=1S/C13H10F2N2O2S/c14-13(15)20-11-7-2-1-5-9(11)16-12(18)10-6-3-4-8-17(10)19/h1-8,13H,(H,16,18). The van der Waals surface area contributed by atoms with Crippen molar-refractivity contribution in [1.82, 2.24) is 0 Å². The first kappa shape index (κ1) is 14.3. The first-order valence-corrected chi connectivity index (χ1v) is 6.49. The molecule has 7 heteroatoms. The van der Waals surface area contributed by atoms with Crippen molar-refractivity contribution < 1.29 is 18.3 Å². The van der Waals surface area contributed by atoms with Gasteiger partial charge in [0, 0.05) is 17.0 Å². The molecular formula is C13H10F2N2O2S. The number of para-hydroxylation sites is 1. The molecule has 2 rings (SSSR count). The van der Waals surface area contributed by atoms with Crippen molar-refractivity contribution in [2.45, 2.75) is 10.7 Å². The van der Waals surface area contributed by atoms with E-state index < -0.39 is 11.7 Å². The Balaban J connectivity index is 2.22. The van der Waals surface area contributed by atoms with Crippen LogP contribution in [-0.4, -0.2) is 11.7 Å². The van der Waals surface area contributed by atoms with E-state index in [9.17, 15) is 18.8 Å². The highest BCUT2D eigenvalue weighted by Crippen LogP contribution is 2.31. The summed E-state index contributed by atoms with van der Waals surface area (Å²) in [5.74, 6) is -3.24. The zero-order chi connectivity index (χ0) is 14.5. The zero-order valence-corrected chi connectivity index (χ0v) is 10.9. The van der Waals surface area contributed by atoms with Gasteiger partial charge in [0.15, 0.2) is 6.20 Å². The molecule has 0 fully saturated rings. The summed E-state index contributed by atoms with van der Waals surface area (Å²) < 4.78 is 25.3. The van der Waals surface area contributed by atoms with Crippen LogP contribution < -0.4 is 10.0 Å². The maximum atomic E-state index is 12.4. The SMILES string of the molecule is O=C(Nc1ccccc1SC(F)F)c1cccc[n+]1[O-]. The number of hydrogen-bond donors (Lipinski definition) is 1. The summed E-state index contributed by atoms with van der Waals surface area (Å²) >= 11 is 0.333. The molecule has 2 aromatic rings. The molecule has 0 unspecified atom stereocenters. The Morgan fingerprint density at radius 2 is 1.90 bits per heavy atom. The summed E-state index contributed by atoms with van der Waals surface area (Å²) in [6, 6.07) is 10.6. The second-order valence-corrected chi connectivity index (χ2v) is 4.77. The minimum absolute atomic E-state index is 0.107. The molecule has 1 N–H and O–H groups in total. The monoisotopic (exact) mass is 296 g/mol. The largest absolute Gasteiger partial charge is 0.618 e. The Labute approximate surface area is 118 Å². The Hall–Kier alpha value is -2.15. The number of pyridine rings is 1. The van der Waals surface area contributed by atoms with Gasteiger partial charge in [-0.3, -0.25) is 4.79 Å². The molecule has 0 spiro atoms. The third-order valence-electron chi connectivity index (χ3n) is 2.41. The molecule has 0 saturated heterocycles. The number of benzene rings is 1. The number of nitrogens with zero attached hydrogens (tertiary/aromatic N) is 1. The first-order chi connectivity index (χ1) is 9.58. The lowest BCUT2D eigenvalue weighted by Crippen LogP contribution is -2.36. The summed E-state index contributed by atoms with van der Waals surface area (Å²) in [6.07, 6.45) is 1.19. The van der Waals surface area contributed by atoms with Crippen molar-refractivity contribution >= 4 is 23.4 Å². The fourth-order valence-corrected chi connectivity index (χ4v) is 2.15. The van der Waals surface area contributed by atoms with Crippen molar-refractivity contribution in [3.8, 4) is 0 Å². The highest BCUT2D eigenvalue weighted by molar-refractivity contribution is 7.99. The van der Waals surface area contributed by atoms with Gasteiger partial charge >= 0.3 is 5.91 Å². The number of carbonyl (C=O) groups excluding carboxylic acids is 1. The number of thioether (sulfide) groups is 1. The van der Waals surface area contributed by atoms with Crippen molar-refractivity contribution in [2.24, 2.45) is 0 Å². The van der Waals surface area contributed by atoms with Gasteiger partial charge in [-0.1, -0.05) is 23.9 Å². The molecular weight excluding hydrogens is 286 g/mol. The molecule has 0 bridgehead atoms. The smallest absolute Gasteiger partial charge is 0.321 e. The number of nitrogens with one attached hydrogen (secondary N) is 1. The van der Waals surface area contributed by atoms with E-state index in [2.05, 4.69) is 5.32 Å². The minimum atomic E-state index is -2.59. The van der Waals surface area contributed by atoms with Crippen LogP contribution in [0.4, 0.5) is 14.5 Å². The molecule has 20 heavy (non-hydrogen) atoms. The van der Waals surface area contributed by atoms with E-state index in [4.69, 9.17) is 0 Å². The molecule has 0 aliphatic heterocycles. The summed E-state index contributed by atoms with van der Waals surface area (Å²) in [5, 5.41) is 13.9. The number of halogens is 2. The number of alkyl halides is 2. The number of amides is 1. The molecule has 1 aromatic carbocycles. The number of carbonyl (C=O) groups is 1. The van der Waals surface area contributed by atoms with Gasteiger partial charge in [-0.25, -0.2) is 0 Å². The Bertz CT molecular complexity index is 623. The third-order valence-corrected chi connectivity index (χ3v) is 3.20. The quantitative estimate of drug-likeness (QED) is 0.536. The van der Waals surface area contributed by atoms with Gasteiger partial charge in [-0.2, -0.15) is 13.5 Å². The molecule has 4 nitrogen and oxygen atoms in total. The lowest BCUT2D eigenvalue weighted by molar-refractivity contribution is -0.607. The molecule has 1 heterocycles. The highest BCUT2D eigenvalue weighted by atomic mass is 32.2. The van der Waals surface area contributed by atoms with Crippen molar-refractivity contribution in [3.05, 3.63) is 59.6 Å². The van der Waals surface area contributed by atoms with Gasteiger partial charge < -0.3 is 10.5 Å². The average molecular weight is 296 g/mol. The maximum Gasteiger partial charge on any atom is 0.321 e. The van der Waals surface area contributed by atoms with Crippen LogP contribution in [0, 0.1) is 5.21 Å². The predicted molar refractivity (Wildman–Crippen MR) is 71.7 cm³/mol.